The highest BCUT2D eigenvalue weighted by Crippen LogP contribution is 2.22. The van der Waals surface area contributed by atoms with E-state index in [0.29, 0.717) is 17.1 Å². The third kappa shape index (κ3) is 4.38. The Hall–Kier alpha value is -1.82. The minimum absolute atomic E-state index is 0.157. The van der Waals surface area contributed by atoms with Crippen LogP contribution in [0.2, 0.25) is 0 Å². The van der Waals surface area contributed by atoms with Crippen LogP contribution in [0.1, 0.15) is 12.2 Å². The van der Waals surface area contributed by atoms with Crippen molar-refractivity contribution in [2.45, 2.75) is 19.1 Å². The van der Waals surface area contributed by atoms with Crippen LogP contribution in [0.3, 0.4) is 0 Å². The van der Waals surface area contributed by atoms with Crippen LogP contribution < -0.4 is 5.32 Å². The average molecular weight is 287 g/mol. The molecule has 0 amide bonds. The standard InChI is InChI=1S/C14H13F4NO/c15-11-3-1-10(2-4-11)13-6-5-12(20-13)9-19-8-7-14(16,17)18/h1-6,19H,7-9H2. The molecular formula is C14H13F4NO. The van der Waals surface area contributed by atoms with Crippen molar-refractivity contribution in [3.63, 3.8) is 0 Å². The van der Waals surface area contributed by atoms with E-state index in [2.05, 4.69) is 5.32 Å². The van der Waals surface area contributed by atoms with Gasteiger partial charge in [-0.05, 0) is 36.4 Å². The summed E-state index contributed by atoms with van der Waals surface area (Å²) in [4.78, 5) is 0. The second kappa shape index (κ2) is 6.09. The summed E-state index contributed by atoms with van der Waals surface area (Å²) in [5.41, 5.74) is 0.716. The highest BCUT2D eigenvalue weighted by atomic mass is 19.4. The first kappa shape index (κ1) is 14.6. The van der Waals surface area contributed by atoms with Gasteiger partial charge in [-0.1, -0.05) is 0 Å². The Kier molecular flexibility index (Phi) is 4.44. The predicted molar refractivity (Wildman–Crippen MR) is 66.5 cm³/mol. The van der Waals surface area contributed by atoms with E-state index >= 15 is 0 Å². The Morgan fingerprint density at radius 3 is 2.35 bits per heavy atom. The van der Waals surface area contributed by atoms with Crippen molar-refractivity contribution in [3.8, 4) is 11.3 Å². The quantitative estimate of drug-likeness (QED) is 0.661. The maximum atomic E-state index is 12.8. The van der Waals surface area contributed by atoms with Crippen molar-refractivity contribution in [1.29, 1.82) is 0 Å². The van der Waals surface area contributed by atoms with Gasteiger partial charge in [0.1, 0.15) is 17.3 Å². The first-order valence-corrected chi connectivity index (χ1v) is 6.06. The van der Waals surface area contributed by atoms with Gasteiger partial charge in [0, 0.05) is 12.1 Å². The van der Waals surface area contributed by atoms with Gasteiger partial charge >= 0.3 is 6.18 Å². The minimum atomic E-state index is -4.16. The summed E-state index contributed by atoms with van der Waals surface area (Å²) in [6.07, 6.45) is -5.03. The van der Waals surface area contributed by atoms with E-state index in [1.165, 1.54) is 12.1 Å². The van der Waals surface area contributed by atoms with Gasteiger partial charge in [-0.15, -0.1) is 0 Å². The number of hydrogen-bond donors (Lipinski definition) is 1. The highest BCUT2D eigenvalue weighted by molar-refractivity contribution is 5.57. The number of alkyl halides is 3. The van der Waals surface area contributed by atoms with Gasteiger partial charge in [0.05, 0.1) is 13.0 Å². The molecule has 0 spiro atoms. The molecule has 1 heterocycles. The summed E-state index contributed by atoms with van der Waals surface area (Å²) < 4.78 is 54.1. The topological polar surface area (TPSA) is 25.2 Å². The largest absolute Gasteiger partial charge is 0.460 e. The van der Waals surface area contributed by atoms with Crippen molar-refractivity contribution >= 4 is 0 Å². The van der Waals surface area contributed by atoms with Gasteiger partial charge in [-0.25, -0.2) is 4.39 Å². The van der Waals surface area contributed by atoms with Crippen LogP contribution in [0.25, 0.3) is 11.3 Å². The normalized spacial score (nSPS) is 11.8. The summed E-state index contributed by atoms with van der Waals surface area (Å²) >= 11 is 0. The number of rotatable bonds is 5. The van der Waals surface area contributed by atoms with Gasteiger partial charge < -0.3 is 9.73 Å². The van der Waals surface area contributed by atoms with Crippen LogP contribution in [0, 0.1) is 5.82 Å². The molecule has 0 saturated carbocycles. The Bertz CT molecular complexity index is 545. The molecule has 0 radical (unpaired) electrons. The molecule has 2 aromatic rings. The molecule has 0 atom stereocenters. The molecule has 1 aromatic heterocycles. The molecule has 0 fully saturated rings. The molecule has 2 nitrogen and oxygen atoms in total. The Labute approximate surface area is 113 Å². The third-order valence-corrected chi connectivity index (χ3v) is 2.67. The molecule has 0 aliphatic carbocycles. The Morgan fingerprint density at radius 1 is 1.00 bits per heavy atom. The number of nitrogens with one attached hydrogen (secondary N) is 1. The molecule has 0 saturated heterocycles. The van der Waals surface area contributed by atoms with Crippen LogP contribution in [0.5, 0.6) is 0 Å². The van der Waals surface area contributed by atoms with Crippen molar-refractivity contribution in [1.82, 2.24) is 5.32 Å². The number of hydrogen-bond acceptors (Lipinski definition) is 2. The van der Waals surface area contributed by atoms with E-state index in [4.69, 9.17) is 4.42 Å². The van der Waals surface area contributed by atoms with E-state index in [9.17, 15) is 17.6 Å². The molecule has 1 aromatic carbocycles. The maximum Gasteiger partial charge on any atom is 0.390 e. The fraction of sp³-hybridized carbons (Fsp3) is 0.286. The van der Waals surface area contributed by atoms with Crippen LogP contribution in [0.15, 0.2) is 40.8 Å². The maximum absolute atomic E-state index is 12.8. The Morgan fingerprint density at radius 2 is 1.70 bits per heavy atom. The summed E-state index contributed by atoms with van der Waals surface area (Å²) in [7, 11) is 0. The summed E-state index contributed by atoms with van der Waals surface area (Å²) in [5, 5.41) is 2.66. The molecule has 1 N–H and O–H groups in total. The molecule has 0 unspecified atom stereocenters. The van der Waals surface area contributed by atoms with Gasteiger partial charge in [0.25, 0.3) is 0 Å². The first-order chi connectivity index (χ1) is 9.44. The second-order valence-corrected chi connectivity index (χ2v) is 4.31. The molecule has 2 rings (SSSR count). The average Bonchev–Trinajstić information content (AvgIpc) is 2.83. The molecule has 0 bridgehead atoms. The molecule has 108 valence electrons. The number of furan rings is 1. The fourth-order valence-electron chi connectivity index (χ4n) is 1.68. The lowest BCUT2D eigenvalue weighted by Gasteiger charge is -2.06. The van der Waals surface area contributed by atoms with E-state index in [0.717, 1.165) is 0 Å². The fourth-order valence-corrected chi connectivity index (χ4v) is 1.68. The molecule has 20 heavy (non-hydrogen) atoms. The van der Waals surface area contributed by atoms with Crippen LogP contribution in [0.4, 0.5) is 17.6 Å². The molecular weight excluding hydrogens is 274 g/mol. The number of benzene rings is 1. The second-order valence-electron chi connectivity index (χ2n) is 4.31. The highest BCUT2D eigenvalue weighted by Gasteiger charge is 2.25. The van der Waals surface area contributed by atoms with Crippen molar-refractivity contribution < 1.29 is 22.0 Å². The lowest BCUT2D eigenvalue weighted by molar-refractivity contribution is -0.133. The van der Waals surface area contributed by atoms with Crippen molar-refractivity contribution in [3.05, 3.63) is 48.0 Å². The minimum Gasteiger partial charge on any atom is -0.460 e. The van der Waals surface area contributed by atoms with Crippen molar-refractivity contribution in [2.24, 2.45) is 0 Å². The molecule has 0 aliphatic heterocycles. The van der Waals surface area contributed by atoms with Crippen LogP contribution >= 0.6 is 0 Å². The van der Waals surface area contributed by atoms with Crippen LogP contribution in [-0.4, -0.2) is 12.7 Å². The van der Waals surface area contributed by atoms with Gasteiger partial charge in [0.2, 0.25) is 0 Å². The van der Waals surface area contributed by atoms with E-state index in [-0.39, 0.29) is 18.9 Å². The third-order valence-electron chi connectivity index (χ3n) is 2.67. The zero-order valence-electron chi connectivity index (χ0n) is 10.5. The first-order valence-electron chi connectivity index (χ1n) is 6.06. The van der Waals surface area contributed by atoms with Gasteiger partial charge in [0.15, 0.2) is 0 Å². The smallest absolute Gasteiger partial charge is 0.390 e. The SMILES string of the molecule is Fc1ccc(-c2ccc(CNCCC(F)(F)F)o2)cc1. The summed E-state index contributed by atoms with van der Waals surface area (Å²) in [6.45, 7) is 0.0629. The monoisotopic (exact) mass is 287 g/mol. The zero-order chi connectivity index (χ0) is 14.6. The summed E-state index contributed by atoms with van der Waals surface area (Å²) in [5.74, 6) is 0.749. The van der Waals surface area contributed by atoms with Crippen LogP contribution in [-0.2, 0) is 6.54 Å². The summed E-state index contributed by atoms with van der Waals surface area (Å²) in [6, 6.07) is 9.18. The van der Waals surface area contributed by atoms with E-state index in [1.807, 2.05) is 0 Å². The zero-order valence-corrected chi connectivity index (χ0v) is 10.5. The predicted octanol–water partition coefficient (Wildman–Crippen LogP) is 4.13. The van der Waals surface area contributed by atoms with E-state index < -0.39 is 12.6 Å². The lowest BCUT2D eigenvalue weighted by atomic mass is 10.2. The Balaban J connectivity index is 1.88. The van der Waals surface area contributed by atoms with E-state index in [1.54, 1.807) is 24.3 Å². The molecule has 0 aliphatic rings. The number of halogens is 4. The van der Waals surface area contributed by atoms with Crippen molar-refractivity contribution in [2.75, 3.05) is 6.54 Å². The molecule has 6 heteroatoms. The van der Waals surface area contributed by atoms with Gasteiger partial charge in [-0.2, -0.15) is 13.2 Å². The van der Waals surface area contributed by atoms with Gasteiger partial charge in [-0.3, -0.25) is 0 Å². The lowest BCUT2D eigenvalue weighted by Crippen LogP contribution is -2.21.